The highest BCUT2D eigenvalue weighted by molar-refractivity contribution is 9.10. The first-order valence-corrected chi connectivity index (χ1v) is 6.92. The molecule has 0 aromatic heterocycles. The predicted molar refractivity (Wildman–Crippen MR) is 71.9 cm³/mol. The molecule has 3 rings (SSSR count). The molecule has 5 nitrogen and oxygen atoms in total. The van der Waals surface area contributed by atoms with Crippen LogP contribution in [0.15, 0.2) is 22.7 Å². The van der Waals surface area contributed by atoms with E-state index in [4.69, 9.17) is 4.74 Å². The van der Waals surface area contributed by atoms with E-state index in [1.54, 1.807) is 18.2 Å². The van der Waals surface area contributed by atoms with Gasteiger partial charge in [0.05, 0.1) is 31.0 Å². The minimum Gasteiger partial charge on any atom is -0.379 e. The number of rotatable bonds is 2. The number of fused-ring (bicyclic) bond motifs is 1. The molecule has 0 bridgehead atoms. The second-order valence-corrected chi connectivity index (χ2v) is 5.52. The molecule has 2 amide bonds. The highest BCUT2D eigenvalue weighted by Crippen LogP contribution is 2.26. The smallest absolute Gasteiger partial charge is 0.262 e. The number of carbonyl (C=O) groups is 2. The Labute approximate surface area is 119 Å². The van der Waals surface area contributed by atoms with Gasteiger partial charge in [-0.1, -0.05) is 15.9 Å². The van der Waals surface area contributed by atoms with Crippen molar-refractivity contribution >= 4 is 27.7 Å². The van der Waals surface area contributed by atoms with Gasteiger partial charge in [0.1, 0.15) is 0 Å². The maximum Gasteiger partial charge on any atom is 0.262 e. The fourth-order valence-corrected chi connectivity index (χ4v) is 2.70. The zero-order valence-corrected chi connectivity index (χ0v) is 11.9. The summed E-state index contributed by atoms with van der Waals surface area (Å²) in [6.07, 6.45) is 0. The lowest BCUT2D eigenvalue weighted by molar-refractivity contribution is 0.0124. The van der Waals surface area contributed by atoms with Crippen LogP contribution in [0.4, 0.5) is 0 Å². The van der Waals surface area contributed by atoms with Crippen molar-refractivity contribution < 1.29 is 14.3 Å². The van der Waals surface area contributed by atoms with Crippen LogP contribution < -0.4 is 0 Å². The van der Waals surface area contributed by atoms with E-state index in [2.05, 4.69) is 20.8 Å². The molecule has 2 aliphatic heterocycles. The fourth-order valence-electron chi connectivity index (χ4n) is 2.33. The Hall–Kier alpha value is -1.24. The van der Waals surface area contributed by atoms with E-state index in [0.29, 0.717) is 31.0 Å². The summed E-state index contributed by atoms with van der Waals surface area (Å²) in [5.41, 5.74) is 0.967. The lowest BCUT2D eigenvalue weighted by Gasteiger charge is -2.29. The number of morpholine rings is 1. The van der Waals surface area contributed by atoms with Crippen molar-refractivity contribution in [3.8, 4) is 0 Å². The molecule has 1 aromatic carbocycles. The molecule has 0 saturated carbocycles. The summed E-state index contributed by atoms with van der Waals surface area (Å²) in [5, 5.41) is 0. The Morgan fingerprint density at radius 3 is 2.53 bits per heavy atom. The summed E-state index contributed by atoms with van der Waals surface area (Å²) in [6.45, 7) is 3.13. The average Bonchev–Trinajstić information content (AvgIpc) is 2.65. The molecule has 1 fully saturated rings. The molecule has 2 heterocycles. The Bertz CT molecular complexity index is 541. The van der Waals surface area contributed by atoms with Crippen molar-refractivity contribution in [3.63, 3.8) is 0 Å². The van der Waals surface area contributed by atoms with Crippen LogP contribution in [-0.4, -0.2) is 54.6 Å². The van der Waals surface area contributed by atoms with E-state index in [0.717, 1.165) is 17.6 Å². The third-order valence-corrected chi connectivity index (χ3v) is 3.87. The molecule has 0 radical (unpaired) electrons. The van der Waals surface area contributed by atoms with Crippen molar-refractivity contribution in [2.75, 3.05) is 33.0 Å². The largest absolute Gasteiger partial charge is 0.379 e. The number of carbonyl (C=O) groups excluding carboxylic acids is 2. The molecule has 100 valence electrons. The number of ether oxygens (including phenoxy) is 1. The van der Waals surface area contributed by atoms with Gasteiger partial charge < -0.3 is 4.74 Å². The minimum atomic E-state index is -0.215. The van der Waals surface area contributed by atoms with Gasteiger partial charge in [-0.2, -0.15) is 0 Å². The number of amides is 2. The number of hydrogen-bond acceptors (Lipinski definition) is 4. The summed E-state index contributed by atoms with van der Waals surface area (Å²) in [4.78, 5) is 27.8. The van der Waals surface area contributed by atoms with Crippen LogP contribution in [0.3, 0.4) is 0 Å². The first kappa shape index (κ1) is 12.8. The van der Waals surface area contributed by atoms with Gasteiger partial charge in [0, 0.05) is 17.6 Å². The molecule has 0 unspecified atom stereocenters. The molecule has 6 heteroatoms. The van der Waals surface area contributed by atoms with E-state index in [-0.39, 0.29) is 11.8 Å². The van der Waals surface area contributed by atoms with Gasteiger partial charge in [0.2, 0.25) is 0 Å². The van der Waals surface area contributed by atoms with E-state index in [1.807, 2.05) is 0 Å². The zero-order valence-electron chi connectivity index (χ0n) is 10.3. The molecule has 0 aliphatic carbocycles. The van der Waals surface area contributed by atoms with Gasteiger partial charge in [-0.3, -0.25) is 19.4 Å². The third-order valence-electron chi connectivity index (χ3n) is 3.38. The maximum absolute atomic E-state index is 12.3. The molecule has 0 N–H and O–H groups in total. The lowest BCUT2D eigenvalue weighted by Crippen LogP contribution is -2.46. The second-order valence-electron chi connectivity index (χ2n) is 4.60. The maximum atomic E-state index is 12.3. The lowest BCUT2D eigenvalue weighted by atomic mass is 10.1. The first-order chi connectivity index (χ1) is 9.16. The zero-order chi connectivity index (χ0) is 13.4. The van der Waals surface area contributed by atoms with Crippen molar-refractivity contribution in [3.05, 3.63) is 33.8 Å². The van der Waals surface area contributed by atoms with Crippen LogP contribution >= 0.6 is 15.9 Å². The van der Waals surface area contributed by atoms with Crippen LogP contribution in [0.5, 0.6) is 0 Å². The number of benzene rings is 1. The molecule has 1 aromatic rings. The molecule has 2 aliphatic rings. The normalized spacial score (nSPS) is 19.9. The molecule has 0 spiro atoms. The average molecular weight is 325 g/mol. The summed E-state index contributed by atoms with van der Waals surface area (Å²) < 4.78 is 6.07. The fraction of sp³-hybridized carbons (Fsp3) is 0.385. The van der Waals surface area contributed by atoms with Gasteiger partial charge >= 0.3 is 0 Å². The van der Waals surface area contributed by atoms with Crippen LogP contribution in [0.1, 0.15) is 20.7 Å². The summed E-state index contributed by atoms with van der Waals surface area (Å²) >= 11 is 3.32. The van der Waals surface area contributed by atoms with E-state index >= 15 is 0 Å². The minimum absolute atomic E-state index is 0.209. The van der Waals surface area contributed by atoms with Crippen molar-refractivity contribution in [2.24, 2.45) is 0 Å². The van der Waals surface area contributed by atoms with Gasteiger partial charge in [-0.25, -0.2) is 0 Å². The Kier molecular flexibility index (Phi) is 3.38. The van der Waals surface area contributed by atoms with E-state index in [1.165, 1.54) is 4.90 Å². The SMILES string of the molecule is O=C1c2ccc(Br)cc2C(=O)N1CN1CCOCC1. The quantitative estimate of drug-likeness (QED) is 0.770. The second kappa shape index (κ2) is 5.03. The van der Waals surface area contributed by atoms with Crippen LogP contribution in [-0.2, 0) is 4.74 Å². The summed E-state index contributed by atoms with van der Waals surface area (Å²) in [6, 6.07) is 5.18. The predicted octanol–water partition coefficient (Wildman–Crippen LogP) is 1.33. The molecule has 1 saturated heterocycles. The van der Waals surface area contributed by atoms with Crippen molar-refractivity contribution in [1.29, 1.82) is 0 Å². The standard InChI is InChI=1S/C13H13BrN2O3/c14-9-1-2-10-11(7-9)13(18)16(12(10)17)8-15-3-5-19-6-4-15/h1-2,7H,3-6,8H2. The number of halogens is 1. The van der Waals surface area contributed by atoms with Gasteiger partial charge in [0.25, 0.3) is 11.8 Å². The first-order valence-electron chi connectivity index (χ1n) is 6.12. The van der Waals surface area contributed by atoms with E-state index < -0.39 is 0 Å². The van der Waals surface area contributed by atoms with Crippen LogP contribution in [0, 0.1) is 0 Å². The number of imide groups is 1. The summed E-state index contributed by atoms with van der Waals surface area (Å²) in [5.74, 6) is -0.424. The highest BCUT2D eigenvalue weighted by atomic mass is 79.9. The molecule has 19 heavy (non-hydrogen) atoms. The summed E-state index contributed by atoms with van der Waals surface area (Å²) in [7, 11) is 0. The Balaban J connectivity index is 1.81. The topological polar surface area (TPSA) is 49.9 Å². The van der Waals surface area contributed by atoms with Crippen molar-refractivity contribution in [2.45, 2.75) is 0 Å². The number of nitrogens with zero attached hydrogens (tertiary/aromatic N) is 2. The van der Waals surface area contributed by atoms with Crippen molar-refractivity contribution in [1.82, 2.24) is 9.80 Å². The third kappa shape index (κ3) is 2.31. The van der Waals surface area contributed by atoms with Crippen LogP contribution in [0.25, 0.3) is 0 Å². The molecule has 0 atom stereocenters. The van der Waals surface area contributed by atoms with Gasteiger partial charge in [-0.15, -0.1) is 0 Å². The Morgan fingerprint density at radius 1 is 1.11 bits per heavy atom. The Morgan fingerprint density at radius 2 is 1.79 bits per heavy atom. The van der Waals surface area contributed by atoms with E-state index in [9.17, 15) is 9.59 Å². The monoisotopic (exact) mass is 324 g/mol. The van der Waals surface area contributed by atoms with Crippen LogP contribution in [0.2, 0.25) is 0 Å². The molecular weight excluding hydrogens is 312 g/mol. The van der Waals surface area contributed by atoms with Gasteiger partial charge in [0.15, 0.2) is 0 Å². The highest BCUT2D eigenvalue weighted by Gasteiger charge is 2.36. The number of hydrogen-bond donors (Lipinski definition) is 0. The van der Waals surface area contributed by atoms with Gasteiger partial charge in [-0.05, 0) is 18.2 Å². The molecular formula is C13H13BrN2O3.